The lowest BCUT2D eigenvalue weighted by atomic mass is 9.91. The number of hydrazone groups is 1. The molecule has 1 aliphatic rings. The van der Waals surface area contributed by atoms with E-state index in [1.165, 1.54) is 6.07 Å². The fraction of sp³-hybridized carbons (Fsp3) is 0.143. The van der Waals surface area contributed by atoms with Crippen LogP contribution in [0.15, 0.2) is 82.7 Å². The molecule has 2 heterocycles. The standard InChI is InChI=1S/C28H21ClFN3O4/c29-17-11-9-16(10-12-17)26-19-6-2-4-8-21(19)31-28(37)27(26)22-15-23(18-5-1-3-7-20(18)30)33(32-22)24(34)13-14-25(35)36/h1-12,23H,13-15H2,(H,31,37)(H,35,36)/t23-/m0/s1. The third-order valence-corrected chi connectivity index (χ3v) is 6.58. The molecular formula is C28H21ClFN3O4. The summed E-state index contributed by atoms with van der Waals surface area (Å²) in [5.74, 6) is -2.23. The highest BCUT2D eigenvalue weighted by molar-refractivity contribution is 6.30. The summed E-state index contributed by atoms with van der Waals surface area (Å²) in [5.41, 5.74) is 2.35. The van der Waals surface area contributed by atoms with Crippen molar-refractivity contribution in [1.29, 1.82) is 0 Å². The predicted molar refractivity (Wildman–Crippen MR) is 139 cm³/mol. The molecule has 4 aromatic rings. The maximum absolute atomic E-state index is 14.8. The molecule has 1 aromatic heterocycles. The number of aromatic amines is 1. The summed E-state index contributed by atoms with van der Waals surface area (Å²) >= 11 is 6.11. The summed E-state index contributed by atoms with van der Waals surface area (Å²) < 4.78 is 14.8. The van der Waals surface area contributed by atoms with Crippen LogP contribution in [0.3, 0.4) is 0 Å². The van der Waals surface area contributed by atoms with E-state index in [4.69, 9.17) is 16.7 Å². The van der Waals surface area contributed by atoms with Crippen LogP contribution in [0.5, 0.6) is 0 Å². The molecule has 0 saturated heterocycles. The number of rotatable bonds is 6. The molecule has 5 rings (SSSR count). The van der Waals surface area contributed by atoms with E-state index in [9.17, 15) is 18.8 Å². The smallest absolute Gasteiger partial charge is 0.303 e. The first-order valence-corrected chi connectivity index (χ1v) is 12.0. The number of nitrogens with zero attached hydrogens (tertiary/aromatic N) is 2. The molecule has 0 aliphatic carbocycles. The van der Waals surface area contributed by atoms with Gasteiger partial charge in [0.05, 0.1) is 23.7 Å². The van der Waals surface area contributed by atoms with Crippen molar-refractivity contribution in [2.24, 2.45) is 5.10 Å². The zero-order chi connectivity index (χ0) is 26.1. The molecule has 7 nitrogen and oxygen atoms in total. The lowest BCUT2D eigenvalue weighted by molar-refractivity contribution is -0.141. The number of halogens is 2. The number of hydrogen-bond donors (Lipinski definition) is 2. The van der Waals surface area contributed by atoms with Gasteiger partial charge in [-0.2, -0.15) is 5.10 Å². The number of hydrogen-bond acceptors (Lipinski definition) is 4. The molecule has 0 radical (unpaired) electrons. The zero-order valence-electron chi connectivity index (χ0n) is 19.4. The average molecular weight is 518 g/mol. The van der Waals surface area contributed by atoms with Gasteiger partial charge in [-0.1, -0.05) is 60.1 Å². The van der Waals surface area contributed by atoms with Gasteiger partial charge in [0, 0.05) is 39.9 Å². The second-order valence-electron chi connectivity index (χ2n) is 8.68. The number of carbonyl (C=O) groups is 2. The summed E-state index contributed by atoms with van der Waals surface area (Å²) in [7, 11) is 0. The van der Waals surface area contributed by atoms with E-state index in [2.05, 4.69) is 10.1 Å². The van der Waals surface area contributed by atoms with Crippen molar-refractivity contribution in [3.05, 3.63) is 105 Å². The van der Waals surface area contributed by atoms with E-state index in [1.54, 1.807) is 48.5 Å². The summed E-state index contributed by atoms with van der Waals surface area (Å²) in [6.45, 7) is 0. The van der Waals surface area contributed by atoms with Crippen molar-refractivity contribution >= 4 is 40.1 Å². The first-order chi connectivity index (χ1) is 17.8. The lowest BCUT2D eigenvalue weighted by Gasteiger charge is -2.22. The van der Waals surface area contributed by atoms with Gasteiger partial charge in [-0.25, -0.2) is 9.40 Å². The molecule has 2 N–H and O–H groups in total. The van der Waals surface area contributed by atoms with Crippen molar-refractivity contribution in [2.75, 3.05) is 0 Å². The van der Waals surface area contributed by atoms with E-state index in [-0.39, 0.29) is 24.0 Å². The van der Waals surface area contributed by atoms with Gasteiger partial charge in [0.2, 0.25) is 5.91 Å². The maximum Gasteiger partial charge on any atom is 0.303 e. The molecule has 0 fully saturated rings. The number of carboxylic acids is 1. The normalized spacial score (nSPS) is 15.1. The Morgan fingerprint density at radius 1 is 1.00 bits per heavy atom. The SMILES string of the molecule is O=C(O)CCC(=O)N1N=C(c2c(-c3ccc(Cl)cc3)c3ccccc3[nH]c2=O)C[C@H]1c1ccccc1F. The summed E-state index contributed by atoms with van der Waals surface area (Å²) in [6, 6.07) is 19.6. The molecule has 0 bridgehead atoms. The molecule has 9 heteroatoms. The number of benzene rings is 3. The Bertz CT molecular complexity index is 1610. The highest BCUT2D eigenvalue weighted by atomic mass is 35.5. The number of aromatic nitrogens is 1. The Balaban J connectivity index is 1.70. The molecule has 1 aliphatic heterocycles. The second-order valence-corrected chi connectivity index (χ2v) is 9.11. The second kappa shape index (κ2) is 9.99. The number of para-hydroxylation sites is 1. The van der Waals surface area contributed by atoms with Crippen LogP contribution in [-0.2, 0) is 9.59 Å². The van der Waals surface area contributed by atoms with Crippen LogP contribution in [0.4, 0.5) is 4.39 Å². The molecule has 37 heavy (non-hydrogen) atoms. The van der Waals surface area contributed by atoms with Crippen LogP contribution in [0, 0.1) is 5.82 Å². The first kappa shape index (κ1) is 24.4. The number of nitrogens with one attached hydrogen (secondary N) is 1. The number of carbonyl (C=O) groups excluding carboxylic acids is 1. The third-order valence-electron chi connectivity index (χ3n) is 6.33. The molecule has 1 amide bonds. The molecule has 186 valence electrons. The van der Waals surface area contributed by atoms with Crippen molar-refractivity contribution in [3.63, 3.8) is 0 Å². The van der Waals surface area contributed by atoms with Gasteiger partial charge in [0.15, 0.2) is 0 Å². The molecule has 0 saturated carbocycles. The van der Waals surface area contributed by atoms with Gasteiger partial charge in [-0.3, -0.25) is 14.4 Å². The van der Waals surface area contributed by atoms with Gasteiger partial charge in [-0.05, 0) is 29.8 Å². The monoisotopic (exact) mass is 517 g/mol. The number of amides is 1. The molecule has 0 unspecified atom stereocenters. The van der Waals surface area contributed by atoms with E-state index in [1.807, 2.05) is 18.2 Å². The number of fused-ring (bicyclic) bond motifs is 1. The Morgan fingerprint density at radius 2 is 1.70 bits per heavy atom. The molecule has 3 aromatic carbocycles. The van der Waals surface area contributed by atoms with Gasteiger partial charge in [0.25, 0.3) is 5.56 Å². The van der Waals surface area contributed by atoms with Gasteiger partial charge in [-0.15, -0.1) is 0 Å². The van der Waals surface area contributed by atoms with Crippen LogP contribution in [-0.4, -0.2) is 32.7 Å². The summed E-state index contributed by atoms with van der Waals surface area (Å²) in [4.78, 5) is 40.5. The minimum Gasteiger partial charge on any atom is -0.481 e. The zero-order valence-corrected chi connectivity index (χ0v) is 20.2. The number of carboxylic acid groups (broad SMARTS) is 1. The molecule has 1 atom stereocenters. The van der Waals surface area contributed by atoms with E-state index in [0.29, 0.717) is 21.8 Å². The number of H-pyrrole nitrogens is 1. The Kier molecular flexibility index (Phi) is 6.58. The summed E-state index contributed by atoms with van der Waals surface area (Å²) in [5, 5.41) is 16.0. The van der Waals surface area contributed by atoms with Gasteiger partial charge >= 0.3 is 5.97 Å². The van der Waals surface area contributed by atoms with E-state index in [0.717, 1.165) is 16.0 Å². The van der Waals surface area contributed by atoms with Crippen molar-refractivity contribution in [1.82, 2.24) is 9.99 Å². The fourth-order valence-electron chi connectivity index (χ4n) is 4.64. The minimum absolute atomic E-state index is 0.0712. The predicted octanol–water partition coefficient (Wildman–Crippen LogP) is 5.53. The van der Waals surface area contributed by atoms with Crippen molar-refractivity contribution in [3.8, 4) is 11.1 Å². The summed E-state index contributed by atoms with van der Waals surface area (Å²) in [6.07, 6.45) is -0.631. The van der Waals surface area contributed by atoms with Gasteiger partial charge < -0.3 is 10.1 Å². The lowest BCUT2D eigenvalue weighted by Crippen LogP contribution is -2.28. The molecule has 0 spiro atoms. The average Bonchev–Trinajstić information content (AvgIpc) is 3.32. The van der Waals surface area contributed by atoms with E-state index < -0.39 is 35.7 Å². The van der Waals surface area contributed by atoms with Crippen LogP contribution in [0.2, 0.25) is 5.02 Å². The molecular weight excluding hydrogens is 497 g/mol. The van der Waals surface area contributed by atoms with E-state index >= 15 is 0 Å². The quantitative estimate of drug-likeness (QED) is 0.351. The van der Waals surface area contributed by atoms with Crippen LogP contribution in [0.1, 0.15) is 36.4 Å². The Labute approximate surface area is 215 Å². The van der Waals surface area contributed by atoms with Crippen LogP contribution >= 0.6 is 11.6 Å². The highest BCUT2D eigenvalue weighted by Crippen LogP contribution is 2.38. The van der Waals surface area contributed by atoms with Crippen molar-refractivity contribution < 1.29 is 19.1 Å². The van der Waals surface area contributed by atoms with Crippen LogP contribution < -0.4 is 5.56 Å². The number of pyridine rings is 1. The Morgan fingerprint density at radius 3 is 2.43 bits per heavy atom. The largest absolute Gasteiger partial charge is 0.481 e. The number of aliphatic carboxylic acids is 1. The minimum atomic E-state index is -1.13. The van der Waals surface area contributed by atoms with Gasteiger partial charge in [0.1, 0.15) is 5.82 Å². The topological polar surface area (TPSA) is 103 Å². The highest BCUT2D eigenvalue weighted by Gasteiger charge is 2.36. The fourth-order valence-corrected chi connectivity index (χ4v) is 4.77. The van der Waals surface area contributed by atoms with Crippen LogP contribution in [0.25, 0.3) is 22.0 Å². The third kappa shape index (κ3) is 4.75. The maximum atomic E-state index is 14.8. The van der Waals surface area contributed by atoms with Crippen molar-refractivity contribution in [2.45, 2.75) is 25.3 Å². The Hall–Kier alpha value is -4.30. The first-order valence-electron chi connectivity index (χ1n) is 11.6.